The van der Waals surface area contributed by atoms with E-state index < -0.39 is 5.97 Å². The first-order chi connectivity index (χ1) is 7.90. The first kappa shape index (κ1) is 12.5. The van der Waals surface area contributed by atoms with Crippen molar-refractivity contribution in [2.24, 2.45) is 5.41 Å². The Bertz CT molecular complexity index is 466. The summed E-state index contributed by atoms with van der Waals surface area (Å²) in [7, 11) is 0. The van der Waals surface area contributed by atoms with Gasteiger partial charge >= 0.3 is 5.97 Å². The lowest BCUT2D eigenvalue weighted by Gasteiger charge is -2.11. The van der Waals surface area contributed by atoms with Crippen molar-refractivity contribution in [3.8, 4) is 5.88 Å². The monoisotopic (exact) mass is 275 g/mol. The van der Waals surface area contributed by atoms with E-state index in [-0.39, 0.29) is 27.4 Å². The minimum atomic E-state index is -1.06. The minimum Gasteiger partial charge on any atom is -0.478 e. The molecule has 0 saturated heterocycles. The molecule has 2 rings (SSSR count). The molecule has 1 fully saturated rings. The molecule has 92 valence electrons. The zero-order valence-corrected chi connectivity index (χ0v) is 10.6. The van der Waals surface area contributed by atoms with Gasteiger partial charge in [-0.1, -0.05) is 18.5 Å². The van der Waals surface area contributed by atoms with Crippen molar-refractivity contribution < 1.29 is 14.6 Å². The Balaban J connectivity index is 2.08. The third-order valence-electron chi connectivity index (χ3n) is 2.81. The van der Waals surface area contributed by atoms with E-state index in [4.69, 9.17) is 33.0 Å². The highest BCUT2D eigenvalue weighted by molar-refractivity contribution is 6.29. The Morgan fingerprint density at radius 2 is 2.35 bits per heavy atom. The van der Waals surface area contributed by atoms with Gasteiger partial charge in [0.25, 0.3) is 0 Å². The molecule has 1 aliphatic carbocycles. The van der Waals surface area contributed by atoms with Gasteiger partial charge in [-0.15, -0.1) is 11.6 Å². The third kappa shape index (κ3) is 2.82. The van der Waals surface area contributed by atoms with Gasteiger partial charge in [-0.2, -0.15) is 0 Å². The van der Waals surface area contributed by atoms with E-state index in [9.17, 15) is 4.79 Å². The van der Waals surface area contributed by atoms with Crippen molar-refractivity contribution >= 4 is 29.2 Å². The van der Waals surface area contributed by atoms with Gasteiger partial charge < -0.3 is 9.84 Å². The standard InChI is InChI=1S/C11H11Cl2NO3/c1-11(4-7(11)12)5-17-9-3-6(10(15)16)2-8(13)14-9/h2-3,7H,4-5H2,1H3,(H,15,16)/t7?,11-/m0/s1. The quantitative estimate of drug-likeness (QED) is 0.678. The van der Waals surface area contributed by atoms with Crippen molar-refractivity contribution in [2.75, 3.05) is 6.61 Å². The highest BCUT2D eigenvalue weighted by Crippen LogP contribution is 2.49. The lowest BCUT2D eigenvalue weighted by molar-refractivity contribution is 0.0696. The van der Waals surface area contributed by atoms with Gasteiger partial charge in [0, 0.05) is 16.9 Å². The van der Waals surface area contributed by atoms with Crippen LogP contribution in [0.25, 0.3) is 0 Å². The van der Waals surface area contributed by atoms with Crippen LogP contribution in [0.1, 0.15) is 23.7 Å². The Kier molecular flexibility index (Phi) is 3.19. The second-order valence-electron chi connectivity index (χ2n) is 4.44. The number of aromatic carboxylic acids is 1. The van der Waals surface area contributed by atoms with Crippen LogP contribution in [0.15, 0.2) is 12.1 Å². The zero-order chi connectivity index (χ0) is 12.6. The summed E-state index contributed by atoms with van der Waals surface area (Å²) >= 11 is 11.7. The average molecular weight is 276 g/mol. The molecule has 0 aliphatic heterocycles. The van der Waals surface area contributed by atoms with Crippen LogP contribution in [-0.4, -0.2) is 28.0 Å². The fourth-order valence-corrected chi connectivity index (χ4v) is 2.03. The predicted octanol–water partition coefficient (Wildman–Crippen LogP) is 2.83. The summed E-state index contributed by atoms with van der Waals surface area (Å²) in [6.07, 6.45) is 0.890. The largest absolute Gasteiger partial charge is 0.478 e. The van der Waals surface area contributed by atoms with Gasteiger partial charge in [0.2, 0.25) is 5.88 Å². The molecule has 0 radical (unpaired) electrons. The summed E-state index contributed by atoms with van der Waals surface area (Å²) in [5.74, 6) is -0.848. The first-order valence-electron chi connectivity index (χ1n) is 5.08. The smallest absolute Gasteiger partial charge is 0.335 e. The average Bonchev–Trinajstić information content (AvgIpc) is 2.84. The van der Waals surface area contributed by atoms with Crippen LogP contribution in [0, 0.1) is 5.41 Å². The van der Waals surface area contributed by atoms with Crippen LogP contribution >= 0.6 is 23.2 Å². The molecule has 2 atom stereocenters. The maximum Gasteiger partial charge on any atom is 0.335 e. The molecule has 1 saturated carbocycles. The molecule has 1 unspecified atom stereocenters. The number of aromatic nitrogens is 1. The number of ether oxygens (including phenoxy) is 1. The lowest BCUT2D eigenvalue weighted by Crippen LogP contribution is -2.13. The predicted molar refractivity (Wildman–Crippen MR) is 64.1 cm³/mol. The summed E-state index contributed by atoms with van der Waals surface area (Å²) in [6, 6.07) is 2.63. The van der Waals surface area contributed by atoms with Gasteiger partial charge in [0.05, 0.1) is 12.2 Å². The molecule has 4 nitrogen and oxygen atoms in total. The molecular weight excluding hydrogens is 265 g/mol. The van der Waals surface area contributed by atoms with Gasteiger partial charge in [-0.25, -0.2) is 9.78 Å². The Hall–Kier alpha value is -1.000. The Morgan fingerprint density at radius 3 is 2.88 bits per heavy atom. The van der Waals surface area contributed by atoms with Gasteiger partial charge in [-0.3, -0.25) is 0 Å². The van der Waals surface area contributed by atoms with E-state index in [0.29, 0.717) is 6.61 Å². The van der Waals surface area contributed by atoms with Crippen molar-refractivity contribution in [1.29, 1.82) is 0 Å². The Morgan fingerprint density at radius 1 is 1.71 bits per heavy atom. The summed E-state index contributed by atoms with van der Waals surface area (Å²) in [4.78, 5) is 14.7. The number of carboxylic acid groups (broad SMARTS) is 1. The van der Waals surface area contributed by atoms with E-state index >= 15 is 0 Å². The number of hydrogen-bond acceptors (Lipinski definition) is 3. The number of pyridine rings is 1. The summed E-state index contributed by atoms with van der Waals surface area (Å²) in [5.41, 5.74) is 0.0120. The number of halogens is 2. The molecule has 0 spiro atoms. The molecule has 1 N–H and O–H groups in total. The second-order valence-corrected chi connectivity index (χ2v) is 5.35. The Labute approximate surface area is 109 Å². The molecule has 1 aromatic rings. The molecule has 0 amide bonds. The van der Waals surface area contributed by atoms with Crippen LogP contribution in [0.4, 0.5) is 0 Å². The van der Waals surface area contributed by atoms with E-state index in [1.165, 1.54) is 12.1 Å². The van der Waals surface area contributed by atoms with Gasteiger partial charge in [0.1, 0.15) is 5.15 Å². The number of rotatable bonds is 4. The number of alkyl halides is 1. The van der Waals surface area contributed by atoms with E-state index in [1.54, 1.807) is 0 Å². The number of carbonyl (C=O) groups is 1. The highest BCUT2D eigenvalue weighted by Gasteiger charge is 2.49. The normalized spacial score (nSPS) is 26.6. The van der Waals surface area contributed by atoms with Gasteiger partial charge in [0.15, 0.2) is 0 Å². The van der Waals surface area contributed by atoms with Crippen LogP contribution in [-0.2, 0) is 0 Å². The summed E-state index contributed by atoms with van der Waals surface area (Å²) < 4.78 is 5.43. The second kappa shape index (κ2) is 4.35. The van der Waals surface area contributed by atoms with Crippen LogP contribution in [0.3, 0.4) is 0 Å². The first-order valence-corrected chi connectivity index (χ1v) is 5.90. The zero-order valence-electron chi connectivity index (χ0n) is 9.11. The topological polar surface area (TPSA) is 59.4 Å². The SMILES string of the molecule is C[C@@]1(COc2cc(C(=O)O)cc(Cl)n2)CC1Cl. The van der Waals surface area contributed by atoms with Crippen molar-refractivity contribution in [1.82, 2.24) is 4.98 Å². The summed E-state index contributed by atoms with van der Waals surface area (Å²) in [5, 5.41) is 9.07. The number of carboxylic acids is 1. The summed E-state index contributed by atoms with van der Waals surface area (Å²) in [6.45, 7) is 2.42. The van der Waals surface area contributed by atoms with E-state index in [2.05, 4.69) is 4.98 Å². The van der Waals surface area contributed by atoms with Crippen LogP contribution < -0.4 is 4.74 Å². The van der Waals surface area contributed by atoms with Crippen LogP contribution in [0.5, 0.6) is 5.88 Å². The van der Waals surface area contributed by atoms with Crippen molar-refractivity contribution in [3.63, 3.8) is 0 Å². The van der Waals surface area contributed by atoms with Crippen molar-refractivity contribution in [3.05, 3.63) is 22.8 Å². The number of hydrogen-bond donors (Lipinski definition) is 1. The molecule has 0 bridgehead atoms. The molecule has 17 heavy (non-hydrogen) atoms. The molecule has 0 aromatic carbocycles. The fraction of sp³-hybridized carbons (Fsp3) is 0.455. The lowest BCUT2D eigenvalue weighted by atomic mass is 10.2. The third-order valence-corrected chi connectivity index (χ3v) is 3.68. The molecule has 6 heteroatoms. The maximum atomic E-state index is 10.8. The highest BCUT2D eigenvalue weighted by atomic mass is 35.5. The number of nitrogens with zero attached hydrogens (tertiary/aromatic N) is 1. The van der Waals surface area contributed by atoms with Gasteiger partial charge in [-0.05, 0) is 12.5 Å². The molecule has 1 heterocycles. The van der Waals surface area contributed by atoms with Crippen LogP contribution in [0.2, 0.25) is 5.15 Å². The van der Waals surface area contributed by atoms with Crippen molar-refractivity contribution in [2.45, 2.75) is 18.7 Å². The maximum absolute atomic E-state index is 10.8. The van der Waals surface area contributed by atoms with E-state index in [1.807, 2.05) is 6.92 Å². The minimum absolute atomic E-state index is 0.0467. The molecule has 1 aliphatic rings. The molecular formula is C11H11Cl2NO3. The fourth-order valence-electron chi connectivity index (χ4n) is 1.41. The molecule has 1 aromatic heterocycles. The van der Waals surface area contributed by atoms with E-state index in [0.717, 1.165) is 6.42 Å².